The summed E-state index contributed by atoms with van der Waals surface area (Å²) in [5.74, 6) is -0.607. The minimum atomic E-state index is -4.17. The van der Waals surface area contributed by atoms with Crippen molar-refractivity contribution in [3.8, 4) is 0 Å². The summed E-state index contributed by atoms with van der Waals surface area (Å²) < 4.78 is 65.5. The zero-order valence-electron chi connectivity index (χ0n) is 15.8. The second kappa shape index (κ2) is 9.95. The Morgan fingerprint density at radius 2 is 1.85 bits per heavy atom. The molecule has 158 valence electrons. The van der Waals surface area contributed by atoms with Crippen molar-refractivity contribution in [2.24, 2.45) is 16.8 Å². The lowest BCUT2D eigenvalue weighted by atomic mass is 9.85. The molecule has 3 N–H and O–H groups in total. The van der Waals surface area contributed by atoms with Gasteiger partial charge in [0.1, 0.15) is 0 Å². The van der Waals surface area contributed by atoms with E-state index in [2.05, 4.69) is 20.3 Å². The molecule has 2 atom stereocenters. The summed E-state index contributed by atoms with van der Waals surface area (Å²) in [6, 6.07) is -0.309. The number of sulfonamides is 1. The minimum absolute atomic E-state index is 0.0230. The highest BCUT2D eigenvalue weighted by Gasteiger charge is 2.42. The van der Waals surface area contributed by atoms with Gasteiger partial charge in [-0.3, -0.25) is 4.99 Å². The Kier molecular flexibility index (Phi) is 8.20. The van der Waals surface area contributed by atoms with Crippen LogP contribution < -0.4 is 15.4 Å². The van der Waals surface area contributed by atoms with E-state index in [1.807, 2.05) is 6.92 Å². The summed E-state index contributed by atoms with van der Waals surface area (Å²) in [6.07, 6.45) is 0.472. The van der Waals surface area contributed by atoms with Crippen LogP contribution in [0.15, 0.2) is 4.99 Å². The van der Waals surface area contributed by atoms with Gasteiger partial charge in [0, 0.05) is 19.1 Å². The fourth-order valence-corrected chi connectivity index (χ4v) is 4.39. The third-order valence-electron chi connectivity index (χ3n) is 5.27. The van der Waals surface area contributed by atoms with E-state index in [-0.39, 0.29) is 31.2 Å². The third-order valence-corrected chi connectivity index (χ3v) is 6.60. The molecule has 10 heteroatoms. The average Bonchev–Trinajstić information content (AvgIpc) is 2.52. The number of aliphatic imine (C=N–C) groups is 1. The van der Waals surface area contributed by atoms with Crippen molar-refractivity contribution in [1.82, 2.24) is 15.4 Å². The Bertz CT molecular complexity index is 591. The Balaban J connectivity index is 1.82. The summed E-state index contributed by atoms with van der Waals surface area (Å²) in [6.45, 7) is 2.94. The van der Waals surface area contributed by atoms with Crippen molar-refractivity contribution in [3.63, 3.8) is 0 Å². The number of halogens is 3. The Hall–Kier alpha value is -1.03. The van der Waals surface area contributed by atoms with Crippen LogP contribution in [0, 0.1) is 11.8 Å². The number of guanidine groups is 1. The molecule has 0 bridgehead atoms. The van der Waals surface area contributed by atoms with Crippen LogP contribution in [-0.2, 0) is 10.0 Å². The summed E-state index contributed by atoms with van der Waals surface area (Å²) in [5, 5.41) is 6.02. The lowest BCUT2D eigenvalue weighted by Crippen LogP contribution is -2.47. The van der Waals surface area contributed by atoms with Crippen LogP contribution in [0.2, 0.25) is 0 Å². The number of nitrogens with one attached hydrogen (secondary N) is 3. The van der Waals surface area contributed by atoms with Crippen LogP contribution in [0.4, 0.5) is 13.2 Å². The van der Waals surface area contributed by atoms with E-state index in [0.29, 0.717) is 37.8 Å². The van der Waals surface area contributed by atoms with Crippen LogP contribution in [0.5, 0.6) is 0 Å². The van der Waals surface area contributed by atoms with Gasteiger partial charge in [-0.15, -0.1) is 0 Å². The summed E-state index contributed by atoms with van der Waals surface area (Å²) in [7, 11) is -3.39. The molecule has 2 aliphatic rings. The van der Waals surface area contributed by atoms with Crippen LogP contribution in [0.3, 0.4) is 0 Å². The molecule has 0 aromatic carbocycles. The molecule has 0 spiro atoms. The van der Waals surface area contributed by atoms with Crippen molar-refractivity contribution in [1.29, 1.82) is 0 Å². The summed E-state index contributed by atoms with van der Waals surface area (Å²) in [5.41, 5.74) is 0. The Morgan fingerprint density at radius 3 is 2.44 bits per heavy atom. The van der Waals surface area contributed by atoms with Crippen molar-refractivity contribution >= 4 is 16.0 Å². The van der Waals surface area contributed by atoms with Crippen LogP contribution in [0.1, 0.15) is 51.9 Å². The van der Waals surface area contributed by atoms with Gasteiger partial charge in [-0.25, -0.2) is 13.1 Å². The topological polar surface area (TPSA) is 82.6 Å². The minimum Gasteiger partial charge on any atom is -0.357 e. The van der Waals surface area contributed by atoms with Gasteiger partial charge in [0.05, 0.1) is 18.2 Å². The van der Waals surface area contributed by atoms with Gasteiger partial charge in [-0.05, 0) is 44.9 Å². The molecular weight excluding hydrogens is 381 g/mol. The van der Waals surface area contributed by atoms with Crippen molar-refractivity contribution < 1.29 is 21.6 Å². The average molecular weight is 413 g/mol. The van der Waals surface area contributed by atoms with Gasteiger partial charge >= 0.3 is 6.18 Å². The largest absolute Gasteiger partial charge is 0.391 e. The number of alkyl halides is 3. The van der Waals surface area contributed by atoms with Crippen LogP contribution in [-0.4, -0.2) is 52.0 Å². The molecule has 2 fully saturated rings. The molecule has 6 nitrogen and oxygen atoms in total. The maximum atomic E-state index is 12.9. The van der Waals surface area contributed by atoms with Crippen molar-refractivity contribution in [2.45, 2.75) is 64.1 Å². The molecule has 2 unspecified atom stereocenters. The van der Waals surface area contributed by atoms with E-state index in [1.54, 1.807) is 0 Å². The molecule has 2 aliphatic carbocycles. The monoisotopic (exact) mass is 412 g/mol. The molecule has 0 radical (unpaired) electrons. The first-order valence-electron chi connectivity index (χ1n) is 9.78. The van der Waals surface area contributed by atoms with Gasteiger partial charge in [-0.2, -0.15) is 13.2 Å². The van der Waals surface area contributed by atoms with Crippen LogP contribution in [0.25, 0.3) is 0 Å². The molecule has 2 saturated carbocycles. The lowest BCUT2D eigenvalue weighted by molar-refractivity contribution is -0.183. The van der Waals surface area contributed by atoms with Gasteiger partial charge < -0.3 is 10.6 Å². The molecule has 0 aliphatic heterocycles. The molecule has 27 heavy (non-hydrogen) atoms. The first-order valence-corrected chi connectivity index (χ1v) is 11.4. The second-order valence-electron chi connectivity index (χ2n) is 7.47. The van der Waals surface area contributed by atoms with E-state index in [9.17, 15) is 21.6 Å². The standard InChI is InChI=1S/C17H31F3N4O2S/c1-2-21-16(24-15-8-4-7-14(11-15)17(18,19)20)22-9-10-27(25,26)23-12-13-5-3-6-13/h13-15,23H,2-12H2,1H3,(H2,21,22,24). The highest BCUT2D eigenvalue weighted by atomic mass is 32.2. The van der Waals surface area contributed by atoms with Crippen molar-refractivity contribution in [2.75, 3.05) is 25.4 Å². The number of hydrogen-bond donors (Lipinski definition) is 3. The van der Waals surface area contributed by atoms with Gasteiger partial charge in [0.2, 0.25) is 10.0 Å². The fraction of sp³-hybridized carbons (Fsp3) is 0.941. The molecule has 0 heterocycles. The first-order chi connectivity index (χ1) is 12.7. The highest BCUT2D eigenvalue weighted by Crippen LogP contribution is 2.37. The van der Waals surface area contributed by atoms with Crippen molar-refractivity contribution in [3.05, 3.63) is 0 Å². The van der Waals surface area contributed by atoms with E-state index in [0.717, 1.165) is 19.3 Å². The zero-order valence-corrected chi connectivity index (χ0v) is 16.6. The second-order valence-corrected chi connectivity index (χ2v) is 9.40. The Morgan fingerprint density at radius 1 is 1.15 bits per heavy atom. The number of rotatable bonds is 8. The first kappa shape index (κ1) is 22.3. The number of nitrogens with zero attached hydrogens (tertiary/aromatic N) is 1. The number of hydrogen-bond acceptors (Lipinski definition) is 3. The van der Waals surface area contributed by atoms with Gasteiger partial charge in [-0.1, -0.05) is 12.8 Å². The smallest absolute Gasteiger partial charge is 0.357 e. The molecule has 0 amide bonds. The zero-order chi connectivity index (χ0) is 19.9. The molecule has 2 rings (SSSR count). The van der Waals surface area contributed by atoms with Gasteiger partial charge in [0.15, 0.2) is 5.96 Å². The SMILES string of the molecule is CCNC(=NCCS(=O)(=O)NCC1CCC1)NC1CCCC(C(F)(F)F)C1. The normalized spacial score (nSPS) is 25.1. The Labute approximate surface area is 159 Å². The quantitative estimate of drug-likeness (QED) is 0.422. The summed E-state index contributed by atoms with van der Waals surface area (Å²) >= 11 is 0. The van der Waals surface area contributed by atoms with E-state index < -0.39 is 22.1 Å². The predicted molar refractivity (Wildman–Crippen MR) is 100 cm³/mol. The van der Waals surface area contributed by atoms with E-state index >= 15 is 0 Å². The third kappa shape index (κ3) is 7.85. The summed E-state index contributed by atoms with van der Waals surface area (Å²) in [4.78, 5) is 4.24. The maximum absolute atomic E-state index is 12.9. The lowest BCUT2D eigenvalue weighted by Gasteiger charge is -2.31. The molecule has 0 aromatic rings. The predicted octanol–water partition coefficient (Wildman–Crippen LogP) is 2.38. The molecule has 0 saturated heterocycles. The van der Waals surface area contributed by atoms with E-state index in [4.69, 9.17) is 0 Å². The molecule has 0 aromatic heterocycles. The van der Waals surface area contributed by atoms with E-state index in [1.165, 1.54) is 0 Å². The van der Waals surface area contributed by atoms with Gasteiger partial charge in [0.25, 0.3) is 0 Å². The molecular formula is C17H31F3N4O2S. The van der Waals surface area contributed by atoms with Crippen LogP contribution >= 0.6 is 0 Å². The highest BCUT2D eigenvalue weighted by molar-refractivity contribution is 7.89. The fourth-order valence-electron chi connectivity index (χ4n) is 3.42. The maximum Gasteiger partial charge on any atom is 0.391 e.